The lowest BCUT2D eigenvalue weighted by molar-refractivity contribution is -0.149. The smallest absolute Gasteiger partial charge is 0.309 e. The summed E-state index contributed by atoms with van der Waals surface area (Å²) < 4.78 is 5.08. The fourth-order valence-corrected chi connectivity index (χ4v) is 2.95. The van der Waals surface area contributed by atoms with E-state index in [0.717, 1.165) is 31.6 Å². The Morgan fingerprint density at radius 1 is 1.29 bits per heavy atom. The number of nitrogens with zero attached hydrogens (tertiary/aromatic N) is 2. The van der Waals surface area contributed by atoms with Crippen LogP contribution in [0.5, 0.6) is 0 Å². The predicted molar refractivity (Wildman–Crippen MR) is 94.8 cm³/mol. The van der Waals surface area contributed by atoms with Gasteiger partial charge in [-0.25, -0.2) is 0 Å². The van der Waals surface area contributed by atoms with Crippen molar-refractivity contribution in [1.82, 2.24) is 4.90 Å². The third-order valence-corrected chi connectivity index (χ3v) is 4.25. The van der Waals surface area contributed by atoms with Crippen molar-refractivity contribution in [2.75, 3.05) is 37.7 Å². The Balaban J connectivity index is 1.89. The van der Waals surface area contributed by atoms with E-state index < -0.39 is 0 Å². The van der Waals surface area contributed by atoms with Crippen molar-refractivity contribution in [3.05, 3.63) is 43.0 Å². The molecule has 1 aliphatic rings. The summed E-state index contributed by atoms with van der Waals surface area (Å²) in [5.74, 6) is -0.0913. The van der Waals surface area contributed by atoms with Gasteiger partial charge >= 0.3 is 5.97 Å². The largest absolute Gasteiger partial charge is 0.466 e. The number of anilines is 1. The van der Waals surface area contributed by atoms with Gasteiger partial charge in [0.25, 0.3) is 0 Å². The van der Waals surface area contributed by atoms with Gasteiger partial charge in [-0.3, -0.25) is 14.5 Å². The first-order chi connectivity index (χ1) is 11.7. The Morgan fingerprint density at radius 3 is 2.54 bits per heavy atom. The van der Waals surface area contributed by atoms with Crippen LogP contribution in [0.25, 0.3) is 0 Å². The molecule has 0 atom stereocenters. The van der Waals surface area contributed by atoms with Crippen LogP contribution in [0, 0.1) is 5.92 Å². The van der Waals surface area contributed by atoms with Crippen molar-refractivity contribution >= 4 is 17.6 Å². The minimum Gasteiger partial charge on any atom is -0.466 e. The summed E-state index contributed by atoms with van der Waals surface area (Å²) >= 11 is 0. The maximum atomic E-state index is 12.7. The average Bonchev–Trinajstić information content (AvgIpc) is 2.61. The number of hydrogen-bond acceptors (Lipinski definition) is 4. The Labute approximate surface area is 143 Å². The molecule has 1 saturated heterocycles. The van der Waals surface area contributed by atoms with Crippen molar-refractivity contribution in [2.24, 2.45) is 5.92 Å². The molecule has 130 valence electrons. The van der Waals surface area contributed by atoms with Gasteiger partial charge in [-0.15, -0.1) is 6.58 Å². The fourth-order valence-electron chi connectivity index (χ4n) is 2.95. The minimum absolute atomic E-state index is 0.0327. The van der Waals surface area contributed by atoms with E-state index in [2.05, 4.69) is 11.5 Å². The molecule has 5 heteroatoms. The van der Waals surface area contributed by atoms with Gasteiger partial charge in [0.2, 0.25) is 5.91 Å². The van der Waals surface area contributed by atoms with E-state index in [0.29, 0.717) is 19.7 Å². The second-order valence-corrected chi connectivity index (χ2v) is 5.93. The highest BCUT2D eigenvalue weighted by Gasteiger charge is 2.27. The quantitative estimate of drug-likeness (QED) is 0.569. The van der Waals surface area contributed by atoms with Crippen LogP contribution in [0.1, 0.15) is 19.8 Å². The molecular formula is C19H26N2O3. The molecule has 24 heavy (non-hydrogen) atoms. The molecule has 2 rings (SSSR count). The molecule has 5 nitrogen and oxygen atoms in total. The van der Waals surface area contributed by atoms with Gasteiger partial charge in [-0.1, -0.05) is 24.3 Å². The van der Waals surface area contributed by atoms with Crippen molar-refractivity contribution in [3.63, 3.8) is 0 Å². The van der Waals surface area contributed by atoms with Gasteiger partial charge in [-0.05, 0) is 45.0 Å². The number of esters is 1. The maximum Gasteiger partial charge on any atom is 0.309 e. The Morgan fingerprint density at radius 2 is 1.96 bits per heavy atom. The number of para-hydroxylation sites is 1. The summed E-state index contributed by atoms with van der Waals surface area (Å²) in [7, 11) is 0. The molecule has 0 aliphatic carbocycles. The summed E-state index contributed by atoms with van der Waals surface area (Å²) in [6.45, 7) is 8.32. The zero-order chi connectivity index (χ0) is 17.4. The van der Waals surface area contributed by atoms with Crippen LogP contribution in [-0.2, 0) is 14.3 Å². The van der Waals surface area contributed by atoms with Crippen LogP contribution in [0.4, 0.5) is 5.69 Å². The first-order valence-electron chi connectivity index (χ1n) is 8.51. The van der Waals surface area contributed by atoms with E-state index >= 15 is 0 Å². The molecule has 0 radical (unpaired) electrons. The normalized spacial score (nSPS) is 15.7. The number of likely N-dealkylation sites (tertiary alicyclic amines) is 1. The van der Waals surface area contributed by atoms with Crippen molar-refractivity contribution < 1.29 is 14.3 Å². The molecule has 1 aromatic rings. The number of piperidine rings is 1. The summed E-state index contributed by atoms with van der Waals surface area (Å²) in [4.78, 5) is 28.3. The molecule has 0 aromatic heterocycles. The van der Waals surface area contributed by atoms with Crippen molar-refractivity contribution in [2.45, 2.75) is 19.8 Å². The molecule has 1 heterocycles. The van der Waals surface area contributed by atoms with Crippen LogP contribution in [-0.4, -0.2) is 49.6 Å². The lowest BCUT2D eigenvalue weighted by Crippen LogP contribution is -2.44. The second kappa shape index (κ2) is 9.23. The third kappa shape index (κ3) is 4.93. The topological polar surface area (TPSA) is 49.9 Å². The molecule has 0 N–H and O–H groups in total. The summed E-state index contributed by atoms with van der Waals surface area (Å²) in [5, 5.41) is 0. The van der Waals surface area contributed by atoms with Crippen LogP contribution >= 0.6 is 0 Å². The Bertz CT molecular complexity index is 551. The number of amides is 1. The number of rotatable bonds is 7. The highest BCUT2D eigenvalue weighted by Crippen LogP contribution is 2.20. The molecule has 0 spiro atoms. The van der Waals surface area contributed by atoms with Crippen molar-refractivity contribution in [3.8, 4) is 0 Å². The lowest BCUT2D eigenvalue weighted by Gasteiger charge is -2.32. The molecule has 1 aliphatic heterocycles. The highest BCUT2D eigenvalue weighted by atomic mass is 16.5. The minimum atomic E-state index is -0.110. The molecule has 0 bridgehead atoms. The van der Waals surface area contributed by atoms with Gasteiger partial charge in [0.1, 0.15) is 0 Å². The summed E-state index contributed by atoms with van der Waals surface area (Å²) in [5.41, 5.74) is 0.879. The second-order valence-electron chi connectivity index (χ2n) is 5.93. The first-order valence-corrected chi connectivity index (χ1v) is 8.51. The van der Waals surface area contributed by atoms with Crippen LogP contribution in [0.15, 0.2) is 43.0 Å². The van der Waals surface area contributed by atoms with Crippen LogP contribution < -0.4 is 4.90 Å². The van der Waals surface area contributed by atoms with Crippen LogP contribution in [0.3, 0.4) is 0 Å². The van der Waals surface area contributed by atoms with Gasteiger partial charge in [0.05, 0.1) is 19.1 Å². The fraction of sp³-hybridized carbons (Fsp3) is 0.474. The van der Waals surface area contributed by atoms with Gasteiger partial charge < -0.3 is 9.64 Å². The number of carbonyl (C=O) groups is 2. The third-order valence-electron chi connectivity index (χ3n) is 4.25. The molecule has 0 unspecified atom stereocenters. The molecule has 0 saturated carbocycles. The average molecular weight is 330 g/mol. The monoisotopic (exact) mass is 330 g/mol. The standard InChI is InChI=1S/C19H26N2O3/c1-3-12-21(17-8-6-5-7-9-17)18(22)15-20-13-10-16(11-14-20)19(23)24-4-2/h3,5-9,16H,1,4,10-15H2,2H3. The van der Waals surface area contributed by atoms with E-state index in [-0.39, 0.29) is 17.8 Å². The highest BCUT2D eigenvalue weighted by molar-refractivity contribution is 5.95. The molecule has 1 aromatic carbocycles. The summed E-state index contributed by atoms with van der Waals surface area (Å²) in [6.07, 6.45) is 3.23. The van der Waals surface area contributed by atoms with Crippen LogP contribution in [0.2, 0.25) is 0 Å². The van der Waals surface area contributed by atoms with E-state index in [1.165, 1.54) is 0 Å². The molecular weight excluding hydrogens is 304 g/mol. The Hall–Kier alpha value is -2.14. The number of carbonyl (C=O) groups excluding carboxylic acids is 2. The predicted octanol–water partition coefficient (Wildman–Crippen LogP) is 2.48. The van der Waals surface area contributed by atoms with E-state index in [9.17, 15) is 9.59 Å². The summed E-state index contributed by atoms with van der Waals surface area (Å²) in [6, 6.07) is 9.62. The Kier molecular flexibility index (Phi) is 7.00. The number of hydrogen-bond donors (Lipinski definition) is 0. The number of ether oxygens (including phenoxy) is 1. The van der Waals surface area contributed by atoms with E-state index in [4.69, 9.17) is 4.74 Å². The van der Waals surface area contributed by atoms with Gasteiger partial charge in [0.15, 0.2) is 0 Å². The molecule has 1 fully saturated rings. The SMILES string of the molecule is C=CCN(C(=O)CN1CCC(C(=O)OCC)CC1)c1ccccc1. The zero-order valence-electron chi connectivity index (χ0n) is 14.3. The maximum absolute atomic E-state index is 12.7. The lowest BCUT2D eigenvalue weighted by atomic mass is 9.97. The number of benzene rings is 1. The first kappa shape index (κ1) is 18.2. The van der Waals surface area contributed by atoms with Gasteiger partial charge in [-0.2, -0.15) is 0 Å². The van der Waals surface area contributed by atoms with E-state index in [1.54, 1.807) is 11.0 Å². The van der Waals surface area contributed by atoms with Gasteiger partial charge in [0, 0.05) is 12.2 Å². The van der Waals surface area contributed by atoms with Crippen molar-refractivity contribution in [1.29, 1.82) is 0 Å². The molecule has 1 amide bonds. The zero-order valence-corrected chi connectivity index (χ0v) is 14.3. The van der Waals surface area contributed by atoms with E-state index in [1.807, 2.05) is 37.3 Å².